The second-order valence-corrected chi connectivity index (χ2v) is 16.7. The van der Waals surface area contributed by atoms with Crippen LogP contribution < -0.4 is 0 Å². The molecule has 8 nitrogen and oxygen atoms in total. The number of halogens is 2. The summed E-state index contributed by atoms with van der Waals surface area (Å²) in [5.74, 6) is -0.649. The second-order valence-electron chi connectivity index (χ2n) is 15.2. The van der Waals surface area contributed by atoms with Crippen LogP contribution in [0.2, 0.25) is 0 Å². The predicted molar refractivity (Wildman–Crippen MR) is 235 cm³/mol. The number of rotatable bonds is 25. The lowest BCUT2D eigenvalue weighted by Crippen LogP contribution is -2.07. The van der Waals surface area contributed by atoms with Gasteiger partial charge in [0.2, 0.25) is 0 Å². The van der Waals surface area contributed by atoms with E-state index in [1.807, 2.05) is 50.8 Å². The Morgan fingerprint density at radius 1 is 0.526 bits per heavy atom. The molecule has 0 spiro atoms. The van der Waals surface area contributed by atoms with Gasteiger partial charge in [-0.2, -0.15) is 0 Å². The molecule has 2 N–H and O–H groups in total. The number of benzene rings is 2. The summed E-state index contributed by atoms with van der Waals surface area (Å²) < 4.78 is 0. The van der Waals surface area contributed by atoms with Gasteiger partial charge in [0.15, 0.2) is 11.6 Å². The van der Waals surface area contributed by atoms with Crippen LogP contribution in [0, 0.1) is 0 Å². The second kappa shape index (κ2) is 26.9. The molecular weight excluding hydrogens is 755 g/mol. The summed E-state index contributed by atoms with van der Waals surface area (Å²) in [7, 11) is 0. The van der Waals surface area contributed by atoms with Crippen molar-refractivity contribution >= 4 is 35.1 Å². The third-order valence-electron chi connectivity index (χ3n) is 9.99. The zero-order valence-electron chi connectivity index (χ0n) is 34.6. The van der Waals surface area contributed by atoms with Crippen molar-refractivity contribution in [2.24, 2.45) is 0 Å². The molecule has 0 amide bonds. The van der Waals surface area contributed by atoms with Gasteiger partial charge in [-0.25, -0.2) is 29.5 Å². The number of carboxylic acids is 2. The molecule has 2 aromatic heterocycles. The topological polar surface area (TPSA) is 126 Å². The number of aromatic nitrogens is 4. The highest BCUT2D eigenvalue weighted by molar-refractivity contribution is 6.20. The van der Waals surface area contributed by atoms with Gasteiger partial charge in [0.1, 0.15) is 0 Å². The molecule has 0 aliphatic heterocycles. The molecule has 0 radical (unpaired) electrons. The fraction of sp³-hybridized carbons (Fsp3) is 0.532. The molecule has 10 heteroatoms. The summed E-state index contributed by atoms with van der Waals surface area (Å²) in [6.07, 6.45) is 30.0. The third-order valence-corrected chi connectivity index (χ3v) is 10.3. The molecule has 0 fully saturated rings. The quantitative estimate of drug-likeness (QED) is 0.0500. The van der Waals surface area contributed by atoms with Gasteiger partial charge in [0.05, 0.1) is 11.1 Å². The summed E-state index contributed by atoms with van der Waals surface area (Å²) in [5, 5.41) is 18.5. The zero-order valence-corrected chi connectivity index (χ0v) is 36.1. The smallest absolute Gasteiger partial charge is 0.335 e. The molecule has 2 heterocycles. The lowest BCUT2D eigenvalue weighted by molar-refractivity contribution is 0.0684. The van der Waals surface area contributed by atoms with Crippen LogP contribution in [-0.4, -0.2) is 52.8 Å². The number of carboxylic acid groups (broad SMARTS) is 2. The monoisotopic (exact) mass is 818 g/mol. The Balaban J connectivity index is 0.000000306. The molecule has 2 atom stereocenters. The minimum atomic E-state index is -0.940. The van der Waals surface area contributed by atoms with Crippen LogP contribution in [0.4, 0.5) is 0 Å². The van der Waals surface area contributed by atoms with Crippen molar-refractivity contribution < 1.29 is 19.8 Å². The highest BCUT2D eigenvalue weighted by Gasteiger charge is 2.16. The fourth-order valence-electron chi connectivity index (χ4n) is 6.84. The van der Waals surface area contributed by atoms with Gasteiger partial charge in [0, 0.05) is 46.7 Å². The lowest BCUT2D eigenvalue weighted by Gasteiger charge is -2.10. The van der Waals surface area contributed by atoms with Crippen LogP contribution in [0.3, 0.4) is 0 Å². The first-order valence-electron chi connectivity index (χ1n) is 21.1. The van der Waals surface area contributed by atoms with Crippen molar-refractivity contribution in [2.75, 3.05) is 0 Å². The normalized spacial score (nSPS) is 12.1. The van der Waals surface area contributed by atoms with E-state index in [-0.39, 0.29) is 21.9 Å². The maximum Gasteiger partial charge on any atom is 0.335 e. The van der Waals surface area contributed by atoms with Crippen LogP contribution in [0.25, 0.3) is 22.8 Å². The number of unbranched alkanes of at least 4 members (excludes halogenated alkanes) is 13. The highest BCUT2D eigenvalue weighted by atomic mass is 35.5. The van der Waals surface area contributed by atoms with E-state index in [9.17, 15) is 19.8 Å². The number of aryl methyl sites for hydroxylation is 2. The Hall–Kier alpha value is -3.88. The van der Waals surface area contributed by atoms with Crippen molar-refractivity contribution in [2.45, 2.75) is 160 Å². The minimum Gasteiger partial charge on any atom is -0.478 e. The summed E-state index contributed by atoms with van der Waals surface area (Å²) >= 11 is 12.2. The molecule has 0 aliphatic rings. The molecule has 2 aromatic carbocycles. The molecule has 0 saturated carbocycles. The van der Waals surface area contributed by atoms with Crippen LogP contribution >= 0.6 is 23.2 Å². The zero-order chi connectivity index (χ0) is 41.4. The van der Waals surface area contributed by atoms with Gasteiger partial charge in [-0.3, -0.25) is 0 Å². The number of nitrogens with zero attached hydrogens (tertiary/aromatic N) is 4. The summed E-state index contributed by atoms with van der Waals surface area (Å²) in [5.41, 5.74) is 5.93. The van der Waals surface area contributed by atoms with Crippen molar-refractivity contribution in [3.05, 3.63) is 94.6 Å². The van der Waals surface area contributed by atoms with E-state index in [1.165, 1.54) is 96.3 Å². The van der Waals surface area contributed by atoms with E-state index in [2.05, 4.69) is 33.8 Å². The predicted octanol–water partition coefficient (Wildman–Crippen LogP) is 13.0. The summed E-state index contributed by atoms with van der Waals surface area (Å²) in [6, 6.07) is 10.4. The molecule has 4 rings (SSSR count). The van der Waals surface area contributed by atoms with Crippen LogP contribution in [0.1, 0.15) is 167 Å². The van der Waals surface area contributed by atoms with Crippen molar-refractivity contribution in [1.82, 2.24) is 19.9 Å². The highest BCUT2D eigenvalue weighted by Crippen LogP contribution is 2.24. The lowest BCUT2D eigenvalue weighted by atomic mass is 9.99. The maximum atomic E-state index is 11.4. The molecule has 57 heavy (non-hydrogen) atoms. The van der Waals surface area contributed by atoms with E-state index < -0.39 is 11.9 Å². The number of aromatic carboxylic acids is 2. The van der Waals surface area contributed by atoms with Crippen molar-refractivity contribution in [1.29, 1.82) is 0 Å². The first-order valence-corrected chi connectivity index (χ1v) is 22.0. The number of carbonyl (C=O) groups is 2. The van der Waals surface area contributed by atoms with Gasteiger partial charge in [0.25, 0.3) is 0 Å². The van der Waals surface area contributed by atoms with Crippen LogP contribution in [0.15, 0.2) is 61.2 Å². The molecule has 0 saturated heterocycles. The molecule has 0 aliphatic carbocycles. The SMILES string of the molecule is CCCCCCCCCCc1cnc(-c2ccc(C(=O)O)c(C[C@@H](C)Cl)c2)nc1.CCCCCCCCCc1cnc(-c2ccc(C(=O)O)c(C[C@@H](C)Cl)c2)nc1. The number of hydrogen-bond acceptors (Lipinski definition) is 6. The van der Waals surface area contributed by atoms with Crippen LogP contribution in [-0.2, 0) is 25.7 Å². The Kier molecular flexibility index (Phi) is 22.4. The number of hydrogen-bond donors (Lipinski definition) is 2. The van der Waals surface area contributed by atoms with Gasteiger partial charge in [-0.05, 0) is 98.9 Å². The van der Waals surface area contributed by atoms with Crippen molar-refractivity contribution in [3.8, 4) is 22.8 Å². The first-order chi connectivity index (χ1) is 27.5. The van der Waals surface area contributed by atoms with Gasteiger partial charge in [-0.15, -0.1) is 23.2 Å². The largest absolute Gasteiger partial charge is 0.478 e. The average Bonchev–Trinajstić information content (AvgIpc) is 3.18. The maximum absolute atomic E-state index is 11.4. The van der Waals surface area contributed by atoms with Crippen molar-refractivity contribution in [3.63, 3.8) is 0 Å². The van der Waals surface area contributed by atoms with E-state index in [1.54, 1.807) is 24.3 Å². The summed E-state index contributed by atoms with van der Waals surface area (Å²) in [6.45, 7) is 8.20. The van der Waals surface area contributed by atoms with E-state index >= 15 is 0 Å². The van der Waals surface area contributed by atoms with Gasteiger partial charge < -0.3 is 10.2 Å². The standard InChI is InChI=1S/C24H33ClN2O2.C23H31ClN2O2/c1-3-4-5-6-7-8-9-10-11-19-16-26-23(27-17-19)20-12-13-22(24(28)29)21(15-20)14-18(2)25;1-3-4-5-6-7-8-9-10-18-15-25-22(26-16-18)19-11-12-21(23(27)28)20(14-19)13-17(2)24/h12-13,15-18H,3-11,14H2,1-2H3,(H,28,29);11-12,14-17H,3-10,13H2,1-2H3,(H,27,28)/t18-;17-/m11/s1. The first kappa shape index (κ1) is 47.5. The molecule has 4 aromatic rings. The Morgan fingerprint density at radius 2 is 0.842 bits per heavy atom. The number of alkyl halides is 2. The van der Waals surface area contributed by atoms with Gasteiger partial charge in [-0.1, -0.05) is 109 Å². The average molecular weight is 820 g/mol. The Bertz CT molecular complexity index is 1760. The van der Waals surface area contributed by atoms with E-state index in [4.69, 9.17) is 23.2 Å². The third kappa shape index (κ3) is 18.1. The molecule has 310 valence electrons. The van der Waals surface area contributed by atoms with Gasteiger partial charge >= 0.3 is 11.9 Å². The van der Waals surface area contributed by atoms with E-state index in [0.29, 0.717) is 35.6 Å². The van der Waals surface area contributed by atoms with E-state index in [0.717, 1.165) is 35.1 Å². The summed E-state index contributed by atoms with van der Waals surface area (Å²) in [4.78, 5) is 40.8. The van der Waals surface area contributed by atoms with Crippen LogP contribution in [0.5, 0.6) is 0 Å². The Morgan fingerprint density at radius 3 is 1.14 bits per heavy atom. The molecular formula is C47H64Cl2N4O4. The fourth-order valence-corrected chi connectivity index (χ4v) is 7.17. The molecule has 0 unspecified atom stereocenters. The molecule has 0 bridgehead atoms. The minimum absolute atomic E-state index is 0.140. The Labute approximate surface area is 351 Å².